The molecule has 0 spiro atoms. The number of aliphatic hydroxyl groups is 1. The first-order valence-corrected chi connectivity index (χ1v) is 8.34. The van der Waals surface area contributed by atoms with Gasteiger partial charge in [-0.1, -0.05) is 36.7 Å². The number of rotatable bonds is 5. The van der Waals surface area contributed by atoms with Gasteiger partial charge in [0.15, 0.2) is 0 Å². The molecule has 0 aliphatic carbocycles. The van der Waals surface area contributed by atoms with E-state index in [-0.39, 0.29) is 16.9 Å². The molecule has 0 saturated heterocycles. The van der Waals surface area contributed by atoms with Crippen LogP contribution in [0, 0.1) is 5.41 Å². The smallest absolute Gasteiger partial charge is 0.240 e. The maximum absolute atomic E-state index is 12.0. The van der Waals surface area contributed by atoms with E-state index in [1.807, 2.05) is 20.8 Å². The molecule has 0 aliphatic heterocycles. The molecule has 0 bridgehead atoms. The highest BCUT2D eigenvalue weighted by Gasteiger charge is 2.22. The molecule has 19 heavy (non-hydrogen) atoms. The Balaban J connectivity index is 2.60. The molecule has 1 atom stereocenters. The molecule has 0 saturated carbocycles. The highest BCUT2D eigenvalue weighted by Crippen LogP contribution is 2.21. The van der Waals surface area contributed by atoms with Gasteiger partial charge in [0.25, 0.3) is 0 Å². The highest BCUT2D eigenvalue weighted by atomic mass is 79.9. The first-order valence-electron chi connectivity index (χ1n) is 6.06. The molecule has 0 aromatic heterocycles. The fraction of sp³-hybridized carbons (Fsp3) is 0.538. The van der Waals surface area contributed by atoms with Crippen LogP contribution in [0.2, 0.25) is 0 Å². The molecule has 0 radical (unpaired) electrons. The summed E-state index contributed by atoms with van der Waals surface area (Å²) in [6.07, 6.45) is -0.153. The van der Waals surface area contributed by atoms with E-state index in [2.05, 4.69) is 20.7 Å². The number of hydrogen-bond donors (Lipinski definition) is 2. The van der Waals surface area contributed by atoms with E-state index in [9.17, 15) is 13.5 Å². The van der Waals surface area contributed by atoms with E-state index in [0.717, 1.165) is 4.47 Å². The summed E-state index contributed by atoms with van der Waals surface area (Å²) in [5, 5.41) is 9.85. The first-order chi connectivity index (χ1) is 8.63. The van der Waals surface area contributed by atoms with Crippen LogP contribution in [0.25, 0.3) is 0 Å². The van der Waals surface area contributed by atoms with Gasteiger partial charge in [-0.25, -0.2) is 13.1 Å². The van der Waals surface area contributed by atoms with Gasteiger partial charge in [-0.15, -0.1) is 0 Å². The van der Waals surface area contributed by atoms with Gasteiger partial charge in [-0.2, -0.15) is 0 Å². The van der Waals surface area contributed by atoms with Crippen molar-refractivity contribution in [3.05, 3.63) is 28.7 Å². The molecule has 4 nitrogen and oxygen atoms in total. The molecule has 1 aromatic rings. The van der Waals surface area contributed by atoms with Crippen molar-refractivity contribution in [3.8, 4) is 0 Å². The van der Waals surface area contributed by atoms with Crippen molar-refractivity contribution < 1.29 is 13.5 Å². The minimum absolute atomic E-state index is 0.219. The van der Waals surface area contributed by atoms with Crippen LogP contribution in [-0.2, 0) is 10.0 Å². The van der Waals surface area contributed by atoms with Crippen LogP contribution in [0.1, 0.15) is 27.2 Å². The predicted molar refractivity (Wildman–Crippen MR) is 79.4 cm³/mol. The van der Waals surface area contributed by atoms with E-state index in [0.29, 0.717) is 6.42 Å². The van der Waals surface area contributed by atoms with Crippen molar-refractivity contribution in [1.29, 1.82) is 0 Å². The van der Waals surface area contributed by atoms with Crippen LogP contribution in [0.15, 0.2) is 33.6 Å². The zero-order chi connectivity index (χ0) is 14.7. The third kappa shape index (κ3) is 5.22. The van der Waals surface area contributed by atoms with Crippen LogP contribution in [0.3, 0.4) is 0 Å². The zero-order valence-electron chi connectivity index (χ0n) is 11.4. The predicted octanol–water partition coefficient (Wildman–Crippen LogP) is 2.52. The van der Waals surface area contributed by atoms with E-state index >= 15 is 0 Å². The largest absolute Gasteiger partial charge is 0.393 e. The molecular formula is C13H20BrNO3S. The first kappa shape index (κ1) is 16.6. The summed E-state index contributed by atoms with van der Waals surface area (Å²) in [5.41, 5.74) is -0.247. The van der Waals surface area contributed by atoms with Gasteiger partial charge in [0, 0.05) is 11.0 Å². The van der Waals surface area contributed by atoms with Crippen LogP contribution in [0.5, 0.6) is 0 Å². The van der Waals surface area contributed by atoms with Gasteiger partial charge in [-0.3, -0.25) is 0 Å². The summed E-state index contributed by atoms with van der Waals surface area (Å²) in [6.45, 7) is 5.97. The van der Waals surface area contributed by atoms with Crippen molar-refractivity contribution in [3.63, 3.8) is 0 Å². The van der Waals surface area contributed by atoms with E-state index in [1.165, 1.54) is 12.1 Å². The molecule has 1 aromatic carbocycles. The van der Waals surface area contributed by atoms with Gasteiger partial charge in [-0.05, 0) is 36.1 Å². The van der Waals surface area contributed by atoms with Gasteiger partial charge < -0.3 is 5.11 Å². The Labute approximate surface area is 123 Å². The maximum atomic E-state index is 12.0. The number of halogens is 1. The second-order valence-electron chi connectivity index (χ2n) is 5.52. The van der Waals surface area contributed by atoms with E-state index in [4.69, 9.17) is 0 Å². The van der Waals surface area contributed by atoms with Crippen LogP contribution in [0.4, 0.5) is 0 Å². The Morgan fingerprint density at radius 3 is 2.26 bits per heavy atom. The van der Waals surface area contributed by atoms with Crippen molar-refractivity contribution in [2.24, 2.45) is 5.41 Å². The highest BCUT2D eigenvalue weighted by molar-refractivity contribution is 9.10. The average molecular weight is 350 g/mol. The van der Waals surface area contributed by atoms with E-state index < -0.39 is 16.1 Å². The quantitative estimate of drug-likeness (QED) is 0.858. The molecule has 0 heterocycles. The molecular weight excluding hydrogens is 330 g/mol. The number of aliphatic hydroxyl groups excluding tert-OH is 1. The number of hydrogen-bond acceptors (Lipinski definition) is 3. The lowest BCUT2D eigenvalue weighted by Gasteiger charge is -2.25. The van der Waals surface area contributed by atoms with Crippen LogP contribution >= 0.6 is 15.9 Å². The molecule has 1 unspecified atom stereocenters. The normalized spacial score (nSPS) is 14.4. The monoisotopic (exact) mass is 349 g/mol. The summed E-state index contributed by atoms with van der Waals surface area (Å²) >= 11 is 3.26. The standard InChI is InChI=1S/C13H20BrNO3S/c1-13(2,3)12(16)8-9-15-19(17,18)11-6-4-10(14)5-7-11/h4-7,12,15-16H,8-9H2,1-3H3. The van der Waals surface area contributed by atoms with Gasteiger partial charge in [0.1, 0.15) is 0 Å². The Morgan fingerprint density at radius 2 is 1.79 bits per heavy atom. The van der Waals surface area contributed by atoms with Crippen molar-refractivity contribution >= 4 is 26.0 Å². The number of benzene rings is 1. The van der Waals surface area contributed by atoms with Crippen LogP contribution in [-0.4, -0.2) is 26.2 Å². The lowest BCUT2D eigenvalue weighted by molar-refractivity contribution is 0.0571. The van der Waals surface area contributed by atoms with Gasteiger partial charge >= 0.3 is 0 Å². The Hall–Kier alpha value is -0.430. The third-order valence-corrected chi connectivity index (χ3v) is 4.84. The summed E-state index contributed by atoms with van der Waals surface area (Å²) in [7, 11) is -3.50. The van der Waals surface area contributed by atoms with Crippen LogP contribution < -0.4 is 4.72 Å². The fourth-order valence-corrected chi connectivity index (χ4v) is 2.77. The minimum Gasteiger partial charge on any atom is -0.393 e. The third-order valence-electron chi connectivity index (χ3n) is 2.83. The molecule has 1 rings (SSSR count). The lowest BCUT2D eigenvalue weighted by atomic mass is 9.87. The molecule has 0 amide bonds. The molecule has 0 aliphatic rings. The lowest BCUT2D eigenvalue weighted by Crippen LogP contribution is -2.32. The Bertz CT molecular complexity index is 506. The summed E-state index contributed by atoms with van der Waals surface area (Å²) in [6, 6.07) is 6.43. The van der Waals surface area contributed by atoms with Crippen molar-refractivity contribution in [2.45, 2.75) is 38.2 Å². The fourth-order valence-electron chi connectivity index (χ4n) is 1.46. The van der Waals surface area contributed by atoms with Crippen molar-refractivity contribution in [1.82, 2.24) is 4.72 Å². The summed E-state index contributed by atoms with van der Waals surface area (Å²) in [4.78, 5) is 0.223. The number of sulfonamides is 1. The minimum atomic E-state index is -3.50. The summed E-state index contributed by atoms with van der Waals surface area (Å²) < 4.78 is 27.3. The Kier molecular flexibility index (Phi) is 5.55. The second kappa shape index (κ2) is 6.35. The zero-order valence-corrected chi connectivity index (χ0v) is 13.8. The van der Waals surface area contributed by atoms with Gasteiger partial charge in [0.05, 0.1) is 11.0 Å². The molecule has 0 fully saturated rings. The number of nitrogens with one attached hydrogen (secondary N) is 1. The maximum Gasteiger partial charge on any atom is 0.240 e. The SMILES string of the molecule is CC(C)(C)C(O)CCNS(=O)(=O)c1ccc(Br)cc1. The molecule has 2 N–H and O–H groups in total. The molecule has 6 heteroatoms. The molecule has 108 valence electrons. The topological polar surface area (TPSA) is 66.4 Å². The van der Waals surface area contributed by atoms with Gasteiger partial charge in [0.2, 0.25) is 10.0 Å². The Morgan fingerprint density at radius 1 is 1.26 bits per heavy atom. The summed E-state index contributed by atoms with van der Waals surface area (Å²) in [5.74, 6) is 0. The second-order valence-corrected chi connectivity index (χ2v) is 8.20. The van der Waals surface area contributed by atoms with E-state index in [1.54, 1.807) is 12.1 Å². The average Bonchev–Trinajstić information content (AvgIpc) is 2.28. The van der Waals surface area contributed by atoms with Crippen molar-refractivity contribution in [2.75, 3.05) is 6.54 Å².